The quantitative estimate of drug-likeness (QED) is 0.0861. The van der Waals surface area contributed by atoms with Gasteiger partial charge in [-0.1, -0.05) is 71.7 Å². The molecule has 42 heavy (non-hydrogen) atoms. The molecule has 8 heteroatoms. The highest BCUT2D eigenvalue weighted by molar-refractivity contribution is 6.29. The van der Waals surface area contributed by atoms with Crippen molar-refractivity contribution in [3.8, 4) is 0 Å². The number of rotatable bonds is 15. The monoisotopic (exact) mass is 579 g/mol. The van der Waals surface area contributed by atoms with Gasteiger partial charge in [-0.05, 0) is 68.9 Å². The first kappa shape index (κ1) is 33.3. The second kappa shape index (κ2) is 14.8. The molecule has 4 amide bonds. The fourth-order valence-corrected chi connectivity index (χ4v) is 5.79. The van der Waals surface area contributed by atoms with Crippen LogP contribution in [0.4, 0.5) is 10.5 Å². The van der Waals surface area contributed by atoms with Gasteiger partial charge < -0.3 is 14.7 Å². The normalized spacial score (nSPS) is 20.2. The third kappa shape index (κ3) is 7.21. The van der Waals surface area contributed by atoms with Crippen LogP contribution in [0.5, 0.6) is 0 Å². The minimum absolute atomic E-state index is 0.0136. The third-order valence-electron chi connectivity index (χ3n) is 8.34. The molecule has 2 heterocycles. The summed E-state index contributed by atoms with van der Waals surface area (Å²) in [5.74, 6) is -0.881. The van der Waals surface area contributed by atoms with Crippen molar-refractivity contribution in [1.29, 1.82) is 0 Å². The van der Waals surface area contributed by atoms with Gasteiger partial charge in [0.15, 0.2) is 6.29 Å². The van der Waals surface area contributed by atoms with E-state index < -0.39 is 24.1 Å². The molecule has 3 rings (SSSR count). The fraction of sp³-hybridized carbons (Fsp3) is 0.559. The van der Waals surface area contributed by atoms with E-state index >= 15 is 0 Å². The number of aliphatic hydroxyl groups is 1. The lowest BCUT2D eigenvalue weighted by molar-refractivity contribution is -0.137. The summed E-state index contributed by atoms with van der Waals surface area (Å²) in [6, 6.07) is 7.32. The van der Waals surface area contributed by atoms with E-state index in [1.54, 1.807) is 19.9 Å². The first-order valence-corrected chi connectivity index (χ1v) is 15.4. The number of ether oxygens (including phenoxy) is 1. The number of urea groups is 1. The first-order valence-electron chi connectivity index (χ1n) is 15.4. The molecule has 1 aromatic rings. The maximum absolute atomic E-state index is 13.7. The van der Waals surface area contributed by atoms with E-state index in [1.807, 2.05) is 18.2 Å². The maximum Gasteiger partial charge on any atom is 0.334 e. The Labute approximate surface area is 251 Å². The zero-order chi connectivity index (χ0) is 31.0. The van der Waals surface area contributed by atoms with Gasteiger partial charge in [0.1, 0.15) is 5.57 Å². The topological polar surface area (TPSA) is 90.4 Å². The molecular weight excluding hydrogens is 530 g/mol. The first-order chi connectivity index (χ1) is 20.0. The molecule has 1 aromatic carbocycles. The minimum Gasteiger partial charge on any atom is -0.365 e. The van der Waals surface area contributed by atoms with Crippen LogP contribution in [0.1, 0.15) is 85.6 Å². The number of nitrogens with zero attached hydrogens (tertiary/aromatic N) is 3. The number of hydrogen-bond acceptors (Lipinski definition) is 6. The summed E-state index contributed by atoms with van der Waals surface area (Å²) in [4.78, 5) is 45.4. The number of allylic oxidation sites excluding steroid dienone is 3. The van der Waals surface area contributed by atoms with Gasteiger partial charge in [-0.2, -0.15) is 0 Å². The Morgan fingerprint density at radius 3 is 2.36 bits per heavy atom. The largest absolute Gasteiger partial charge is 0.365 e. The molecular formula is C34H49N3O5. The third-order valence-corrected chi connectivity index (χ3v) is 8.34. The predicted octanol–water partition coefficient (Wildman–Crippen LogP) is 6.31. The van der Waals surface area contributed by atoms with Gasteiger partial charge in [0.2, 0.25) is 0 Å². The van der Waals surface area contributed by atoms with Crippen molar-refractivity contribution in [2.45, 2.75) is 97.8 Å². The SMILES string of the molecule is C=CC(O)OCCCCN1/C(=C\C=C2\C(=O)N(CC(CC)CCCC)C(=O)N(C(C)C)C2=O)C(C)(C)c2ccccc21. The van der Waals surface area contributed by atoms with Crippen molar-refractivity contribution in [2.24, 2.45) is 5.92 Å². The molecule has 1 fully saturated rings. The van der Waals surface area contributed by atoms with E-state index in [-0.39, 0.29) is 22.9 Å². The molecule has 0 radical (unpaired) electrons. The molecule has 2 aliphatic rings. The second-order valence-electron chi connectivity index (χ2n) is 12.0. The number of para-hydroxylation sites is 1. The number of amides is 4. The van der Waals surface area contributed by atoms with Crippen molar-refractivity contribution in [1.82, 2.24) is 9.80 Å². The number of fused-ring (bicyclic) bond motifs is 1. The molecule has 2 unspecified atom stereocenters. The van der Waals surface area contributed by atoms with Crippen LogP contribution in [0.15, 0.2) is 60.3 Å². The van der Waals surface area contributed by atoms with Crippen molar-refractivity contribution in [3.05, 3.63) is 65.9 Å². The average molecular weight is 580 g/mol. The Bertz CT molecular complexity index is 1200. The van der Waals surface area contributed by atoms with Gasteiger partial charge in [-0.25, -0.2) is 4.79 Å². The van der Waals surface area contributed by atoms with Crippen LogP contribution in [0.25, 0.3) is 0 Å². The Hall–Kier alpha value is -3.23. The Morgan fingerprint density at radius 1 is 1.00 bits per heavy atom. The van der Waals surface area contributed by atoms with Gasteiger partial charge in [-0.15, -0.1) is 0 Å². The van der Waals surface area contributed by atoms with Gasteiger partial charge in [-0.3, -0.25) is 19.4 Å². The molecule has 8 nitrogen and oxygen atoms in total. The Balaban J connectivity index is 1.96. The van der Waals surface area contributed by atoms with Gasteiger partial charge >= 0.3 is 6.03 Å². The van der Waals surface area contributed by atoms with Crippen molar-refractivity contribution < 1.29 is 24.2 Å². The smallest absolute Gasteiger partial charge is 0.334 e. The maximum atomic E-state index is 13.7. The van der Waals surface area contributed by atoms with Gasteiger partial charge in [0.25, 0.3) is 11.8 Å². The molecule has 230 valence electrons. The number of hydrogen-bond donors (Lipinski definition) is 1. The summed E-state index contributed by atoms with van der Waals surface area (Å²) < 4.78 is 5.33. The number of barbiturate groups is 1. The lowest BCUT2D eigenvalue weighted by Gasteiger charge is -2.37. The van der Waals surface area contributed by atoms with E-state index in [9.17, 15) is 19.5 Å². The van der Waals surface area contributed by atoms with E-state index in [0.29, 0.717) is 19.7 Å². The number of imide groups is 2. The number of unbranched alkanes of at least 4 members (excludes halogenated alkanes) is 2. The zero-order valence-corrected chi connectivity index (χ0v) is 26.3. The molecule has 0 bridgehead atoms. The number of carbonyl (C=O) groups excluding carboxylic acids is 3. The second-order valence-corrected chi connectivity index (χ2v) is 12.0. The number of carbonyl (C=O) groups is 3. The van der Waals surface area contributed by atoms with Crippen LogP contribution < -0.4 is 4.90 Å². The minimum atomic E-state index is -0.972. The summed E-state index contributed by atoms with van der Waals surface area (Å²) in [6.45, 7) is 17.0. The van der Waals surface area contributed by atoms with E-state index in [0.717, 1.165) is 55.5 Å². The highest BCUT2D eigenvalue weighted by Gasteiger charge is 2.44. The molecule has 1 saturated heterocycles. The van der Waals surface area contributed by atoms with Gasteiger partial charge in [0, 0.05) is 35.9 Å². The number of benzene rings is 1. The summed E-state index contributed by atoms with van der Waals surface area (Å²) in [6.07, 6.45) is 9.29. The van der Waals surface area contributed by atoms with Crippen LogP contribution in [0.3, 0.4) is 0 Å². The molecule has 2 atom stereocenters. The lowest BCUT2D eigenvalue weighted by atomic mass is 9.83. The number of aliphatic hydroxyl groups excluding tert-OH is 1. The summed E-state index contributed by atoms with van der Waals surface area (Å²) in [7, 11) is 0. The molecule has 1 N–H and O–H groups in total. The standard InChI is InChI=1S/C34H49N3O5/c1-8-11-16-25(9-2)23-36-31(39)26(32(40)37(24(4)5)33(36)41)19-20-29-34(6,7)27-17-12-13-18-28(27)35(29)21-14-15-22-42-30(38)10-3/h10,12-13,17-20,24-25,30,38H,3,8-9,11,14-16,21-23H2,1-2,4-7H3/b26-19-,29-20-. The van der Waals surface area contributed by atoms with Crippen LogP contribution in [-0.4, -0.2) is 64.8 Å². The average Bonchev–Trinajstić information content (AvgIpc) is 3.17. The highest BCUT2D eigenvalue weighted by atomic mass is 16.6. The van der Waals surface area contributed by atoms with E-state index in [4.69, 9.17) is 4.74 Å². The van der Waals surface area contributed by atoms with E-state index in [1.165, 1.54) is 15.9 Å². The summed E-state index contributed by atoms with van der Waals surface area (Å²) in [5.41, 5.74) is 2.86. The lowest BCUT2D eigenvalue weighted by Crippen LogP contribution is -2.59. The fourth-order valence-electron chi connectivity index (χ4n) is 5.79. The summed E-state index contributed by atoms with van der Waals surface area (Å²) >= 11 is 0. The zero-order valence-electron chi connectivity index (χ0n) is 26.3. The van der Waals surface area contributed by atoms with E-state index in [2.05, 4.69) is 51.3 Å². The molecule has 0 aromatic heterocycles. The molecule has 0 saturated carbocycles. The van der Waals surface area contributed by atoms with Crippen molar-refractivity contribution >= 4 is 23.5 Å². The summed E-state index contributed by atoms with van der Waals surface area (Å²) in [5, 5.41) is 9.59. The molecule has 2 aliphatic heterocycles. The van der Waals surface area contributed by atoms with Crippen molar-refractivity contribution in [2.75, 3.05) is 24.6 Å². The van der Waals surface area contributed by atoms with Crippen LogP contribution in [0.2, 0.25) is 0 Å². The van der Waals surface area contributed by atoms with Crippen LogP contribution in [0, 0.1) is 5.92 Å². The molecule has 0 spiro atoms. The predicted molar refractivity (Wildman–Crippen MR) is 167 cm³/mol. The number of anilines is 1. The Kier molecular flexibility index (Phi) is 11.7. The highest BCUT2D eigenvalue weighted by Crippen LogP contribution is 2.47. The van der Waals surface area contributed by atoms with Crippen LogP contribution >= 0.6 is 0 Å². The Morgan fingerprint density at radius 2 is 1.71 bits per heavy atom. The van der Waals surface area contributed by atoms with Gasteiger partial charge in [0.05, 0.1) is 6.61 Å². The van der Waals surface area contributed by atoms with Crippen molar-refractivity contribution in [3.63, 3.8) is 0 Å². The van der Waals surface area contributed by atoms with Crippen LogP contribution in [-0.2, 0) is 19.7 Å². The molecule has 0 aliphatic carbocycles.